The van der Waals surface area contributed by atoms with Gasteiger partial charge in [0.25, 0.3) is 0 Å². The Hall–Kier alpha value is -2.58. The quantitative estimate of drug-likeness (QED) is 0.297. The molecule has 0 bridgehead atoms. The van der Waals surface area contributed by atoms with Gasteiger partial charge in [-0.15, -0.1) is 0 Å². The topological polar surface area (TPSA) is 44.8 Å². The normalized spacial score (nSPS) is 15.1. The summed E-state index contributed by atoms with van der Waals surface area (Å²) in [6.07, 6.45) is 1.64. The lowest BCUT2D eigenvalue weighted by molar-refractivity contribution is 0.0595. The lowest BCUT2D eigenvalue weighted by Gasteiger charge is -2.33. The number of rotatable bonds is 9. The van der Waals surface area contributed by atoms with Crippen LogP contribution in [-0.4, -0.2) is 47.7 Å². The molecule has 1 unspecified atom stereocenters. The Labute approximate surface area is 222 Å². The number of benzene rings is 3. The number of nitrogens with one attached hydrogen (secondary N) is 1. The maximum Gasteiger partial charge on any atom is 0.409 e. The molecule has 1 atom stereocenters. The van der Waals surface area contributed by atoms with Crippen molar-refractivity contribution in [3.05, 3.63) is 99.6 Å². The molecule has 1 aliphatic rings. The van der Waals surface area contributed by atoms with Crippen LogP contribution in [0.2, 0.25) is 0 Å². The molecule has 3 aromatic carbocycles. The minimum absolute atomic E-state index is 0.0967. The van der Waals surface area contributed by atoms with E-state index in [4.69, 9.17) is 4.74 Å². The number of nitrogens with zero attached hydrogens (tertiary/aromatic N) is 2. The molecule has 0 spiro atoms. The number of likely N-dealkylation sites (tertiary alicyclic amines) is 1. The molecular weight excluding hydrogens is 549 g/mol. The fourth-order valence-electron chi connectivity index (χ4n) is 4.38. The van der Waals surface area contributed by atoms with Gasteiger partial charge in [-0.25, -0.2) is 4.79 Å². The Bertz CT molecular complexity index is 997. The Balaban J connectivity index is 1.27. The van der Waals surface area contributed by atoms with E-state index in [1.807, 2.05) is 17.0 Å². The van der Waals surface area contributed by atoms with Gasteiger partial charge in [0, 0.05) is 47.5 Å². The molecule has 1 aliphatic heterocycles. The van der Waals surface area contributed by atoms with Crippen LogP contribution < -0.4 is 5.32 Å². The number of amides is 1. The zero-order valence-electron chi connectivity index (χ0n) is 20.3. The van der Waals surface area contributed by atoms with Crippen LogP contribution in [0.5, 0.6) is 0 Å². The third kappa shape index (κ3) is 7.97. The number of halogens is 1. The van der Waals surface area contributed by atoms with Crippen LogP contribution in [0, 0.1) is 3.57 Å². The van der Waals surface area contributed by atoms with Gasteiger partial charge in [0.2, 0.25) is 0 Å². The first-order chi connectivity index (χ1) is 17.1. The van der Waals surface area contributed by atoms with E-state index in [1.165, 1.54) is 14.7 Å². The average Bonchev–Trinajstić information content (AvgIpc) is 2.90. The van der Waals surface area contributed by atoms with Gasteiger partial charge >= 0.3 is 6.09 Å². The van der Waals surface area contributed by atoms with E-state index in [0.29, 0.717) is 25.7 Å². The molecule has 4 rings (SSSR count). The Morgan fingerprint density at radius 3 is 2.03 bits per heavy atom. The molecule has 0 aliphatic carbocycles. The molecule has 3 aromatic rings. The zero-order valence-corrected chi connectivity index (χ0v) is 22.4. The molecule has 5 nitrogen and oxygen atoms in total. The number of piperidine rings is 1. The second-order valence-corrected chi connectivity index (χ2v) is 10.5. The van der Waals surface area contributed by atoms with Crippen molar-refractivity contribution in [2.24, 2.45) is 0 Å². The van der Waals surface area contributed by atoms with Crippen molar-refractivity contribution in [3.8, 4) is 0 Å². The molecule has 1 heterocycles. The smallest absolute Gasteiger partial charge is 0.409 e. The van der Waals surface area contributed by atoms with Crippen molar-refractivity contribution in [2.45, 2.75) is 44.9 Å². The highest BCUT2D eigenvalue weighted by Gasteiger charge is 2.25. The molecule has 35 heavy (non-hydrogen) atoms. The molecule has 1 saturated heterocycles. The number of carbonyl (C=O) groups is 1. The van der Waals surface area contributed by atoms with Gasteiger partial charge in [0.1, 0.15) is 6.61 Å². The van der Waals surface area contributed by atoms with Gasteiger partial charge in [-0.1, -0.05) is 60.7 Å². The minimum atomic E-state index is -0.205. The highest BCUT2D eigenvalue weighted by molar-refractivity contribution is 14.1. The summed E-state index contributed by atoms with van der Waals surface area (Å²) in [5.41, 5.74) is 3.64. The fraction of sp³-hybridized carbons (Fsp3) is 0.345. The maximum absolute atomic E-state index is 12.8. The summed E-state index contributed by atoms with van der Waals surface area (Å²) in [7, 11) is 0. The van der Waals surface area contributed by atoms with Crippen molar-refractivity contribution in [2.75, 3.05) is 25.0 Å². The standard InChI is InChI=1S/C29H34IN3O2/c1-23(33(20-24-8-4-2-5-9-24)21-25-10-6-3-7-11-25)22-35-29(34)32-18-16-28(17-19-32)31-27-14-12-26(30)13-15-27/h2-15,23,28,31H,16-22H2,1H3. The number of hydrogen-bond donors (Lipinski definition) is 1. The first kappa shape index (κ1) is 25.5. The number of ether oxygens (including phenoxy) is 1. The van der Waals surface area contributed by atoms with Crippen LogP contribution in [0.1, 0.15) is 30.9 Å². The van der Waals surface area contributed by atoms with Crippen LogP contribution in [0.4, 0.5) is 10.5 Å². The SMILES string of the molecule is CC(COC(=O)N1CCC(Nc2ccc(I)cc2)CC1)N(Cc1ccccc1)Cc1ccccc1. The number of carbonyl (C=O) groups excluding carboxylic acids is 1. The highest BCUT2D eigenvalue weighted by atomic mass is 127. The van der Waals surface area contributed by atoms with Crippen molar-refractivity contribution < 1.29 is 9.53 Å². The monoisotopic (exact) mass is 583 g/mol. The number of anilines is 1. The van der Waals surface area contributed by atoms with E-state index >= 15 is 0 Å². The predicted molar refractivity (Wildman–Crippen MR) is 150 cm³/mol. The van der Waals surface area contributed by atoms with Crippen LogP contribution in [-0.2, 0) is 17.8 Å². The largest absolute Gasteiger partial charge is 0.448 e. The van der Waals surface area contributed by atoms with E-state index < -0.39 is 0 Å². The summed E-state index contributed by atoms with van der Waals surface area (Å²) in [4.78, 5) is 17.0. The molecular formula is C29H34IN3O2. The van der Waals surface area contributed by atoms with Gasteiger partial charge in [-0.3, -0.25) is 4.90 Å². The predicted octanol–water partition coefficient (Wildman–Crippen LogP) is 6.40. The third-order valence-corrected chi connectivity index (χ3v) is 7.22. The van der Waals surface area contributed by atoms with Gasteiger partial charge < -0.3 is 15.0 Å². The summed E-state index contributed by atoms with van der Waals surface area (Å²) < 4.78 is 7.02. The minimum Gasteiger partial charge on any atom is -0.448 e. The van der Waals surface area contributed by atoms with Gasteiger partial charge in [-0.05, 0) is 77.7 Å². The van der Waals surface area contributed by atoms with Crippen molar-refractivity contribution in [1.29, 1.82) is 0 Å². The summed E-state index contributed by atoms with van der Waals surface area (Å²) >= 11 is 2.31. The molecule has 0 saturated carbocycles. The lowest BCUT2D eigenvalue weighted by Crippen LogP contribution is -2.44. The van der Waals surface area contributed by atoms with Crippen molar-refractivity contribution in [3.63, 3.8) is 0 Å². The average molecular weight is 584 g/mol. The van der Waals surface area contributed by atoms with E-state index in [2.05, 4.69) is 113 Å². The second-order valence-electron chi connectivity index (χ2n) is 9.21. The molecule has 1 fully saturated rings. The summed E-state index contributed by atoms with van der Waals surface area (Å²) in [5, 5.41) is 3.59. The van der Waals surface area contributed by atoms with Crippen LogP contribution in [0.3, 0.4) is 0 Å². The fourth-order valence-corrected chi connectivity index (χ4v) is 4.74. The summed E-state index contributed by atoms with van der Waals surface area (Å²) in [5.74, 6) is 0. The maximum atomic E-state index is 12.8. The van der Waals surface area contributed by atoms with Gasteiger partial charge in [0.15, 0.2) is 0 Å². The third-order valence-electron chi connectivity index (χ3n) is 6.50. The molecule has 184 valence electrons. The Morgan fingerprint density at radius 1 is 0.943 bits per heavy atom. The lowest BCUT2D eigenvalue weighted by atomic mass is 10.1. The van der Waals surface area contributed by atoms with Crippen LogP contribution in [0.25, 0.3) is 0 Å². The van der Waals surface area contributed by atoms with E-state index in [9.17, 15) is 4.79 Å². The Kier molecular flexibility index (Phi) is 9.42. The van der Waals surface area contributed by atoms with Crippen molar-refractivity contribution >= 4 is 34.4 Å². The van der Waals surface area contributed by atoms with E-state index in [1.54, 1.807) is 0 Å². The molecule has 0 radical (unpaired) electrons. The Morgan fingerprint density at radius 2 is 1.49 bits per heavy atom. The first-order valence-electron chi connectivity index (χ1n) is 12.3. The summed E-state index contributed by atoms with van der Waals surface area (Å²) in [6, 6.07) is 29.8. The molecule has 0 aromatic heterocycles. The zero-order chi connectivity index (χ0) is 24.5. The number of hydrogen-bond acceptors (Lipinski definition) is 4. The first-order valence-corrected chi connectivity index (χ1v) is 13.4. The van der Waals surface area contributed by atoms with Crippen LogP contribution >= 0.6 is 22.6 Å². The second kappa shape index (κ2) is 12.9. The molecule has 1 amide bonds. The van der Waals surface area contributed by atoms with E-state index in [0.717, 1.165) is 31.6 Å². The van der Waals surface area contributed by atoms with Crippen molar-refractivity contribution in [1.82, 2.24) is 9.80 Å². The molecule has 1 N–H and O–H groups in total. The van der Waals surface area contributed by atoms with E-state index in [-0.39, 0.29) is 12.1 Å². The van der Waals surface area contributed by atoms with Gasteiger partial charge in [-0.2, -0.15) is 0 Å². The van der Waals surface area contributed by atoms with Gasteiger partial charge in [0.05, 0.1) is 0 Å². The summed E-state index contributed by atoms with van der Waals surface area (Å²) in [6.45, 7) is 5.56. The van der Waals surface area contributed by atoms with Crippen LogP contribution in [0.15, 0.2) is 84.9 Å². The highest BCUT2D eigenvalue weighted by Crippen LogP contribution is 2.19. The molecule has 6 heteroatoms.